The average molecular weight is 445 g/mol. The SMILES string of the molecule is CCCNC(=O)C=Cc1ccc(-c2ccc([C@@]3(CC(=O)NO)CCCCS3)s2)cc1. The van der Waals surface area contributed by atoms with E-state index >= 15 is 0 Å². The largest absolute Gasteiger partial charge is 0.353 e. The summed E-state index contributed by atoms with van der Waals surface area (Å²) in [6.07, 6.45) is 7.77. The van der Waals surface area contributed by atoms with Gasteiger partial charge in [-0.2, -0.15) is 0 Å². The van der Waals surface area contributed by atoms with Gasteiger partial charge < -0.3 is 5.32 Å². The van der Waals surface area contributed by atoms with Crippen molar-refractivity contribution in [2.45, 2.75) is 43.8 Å². The predicted octanol–water partition coefficient (Wildman–Crippen LogP) is 4.96. The third kappa shape index (κ3) is 5.74. The monoisotopic (exact) mass is 444 g/mol. The molecule has 5 nitrogen and oxygen atoms in total. The van der Waals surface area contributed by atoms with E-state index in [2.05, 4.69) is 29.6 Å². The van der Waals surface area contributed by atoms with Crippen LogP contribution in [0, 0.1) is 0 Å². The average Bonchev–Trinajstić information content (AvgIpc) is 3.28. The first-order valence-corrected chi connectivity index (χ1v) is 12.1. The van der Waals surface area contributed by atoms with Gasteiger partial charge in [-0.1, -0.05) is 37.6 Å². The van der Waals surface area contributed by atoms with E-state index in [-0.39, 0.29) is 23.0 Å². The number of hydrogen-bond acceptors (Lipinski definition) is 5. The van der Waals surface area contributed by atoms with E-state index in [1.165, 1.54) is 4.88 Å². The molecule has 1 aliphatic heterocycles. The highest BCUT2D eigenvalue weighted by Gasteiger charge is 2.38. The molecule has 0 unspecified atom stereocenters. The number of thioether (sulfide) groups is 1. The van der Waals surface area contributed by atoms with Crippen molar-refractivity contribution >= 4 is 41.0 Å². The van der Waals surface area contributed by atoms with Crippen LogP contribution in [-0.4, -0.2) is 29.3 Å². The number of carbonyl (C=O) groups excluding carboxylic acids is 2. The molecule has 0 saturated carbocycles. The number of rotatable bonds is 8. The fourth-order valence-electron chi connectivity index (χ4n) is 3.55. The number of hydrogen-bond donors (Lipinski definition) is 3. The first-order chi connectivity index (χ1) is 14.6. The van der Waals surface area contributed by atoms with Gasteiger partial charge in [-0.05, 0) is 54.4 Å². The van der Waals surface area contributed by atoms with Crippen LogP contribution in [0.1, 0.15) is 49.5 Å². The molecule has 2 aromatic rings. The molecular weight excluding hydrogens is 416 g/mol. The summed E-state index contributed by atoms with van der Waals surface area (Å²) in [6.45, 7) is 2.71. The van der Waals surface area contributed by atoms with Crippen molar-refractivity contribution in [2.24, 2.45) is 0 Å². The molecule has 2 amide bonds. The molecule has 0 aliphatic carbocycles. The molecule has 1 fully saturated rings. The molecule has 3 N–H and O–H groups in total. The van der Waals surface area contributed by atoms with Crippen molar-refractivity contribution in [2.75, 3.05) is 12.3 Å². The summed E-state index contributed by atoms with van der Waals surface area (Å²) in [4.78, 5) is 26.0. The Morgan fingerprint density at radius 3 is 2.63 bits per heavy atom. The van der Waals surface area contributed by atoms with Gasteiger partial charge in [0.05, 0.1) is 4.75 Å². The van der Waals surface area contributed by atoms with Crippen LogP contribution in [0.5, 0.6) is 0 Å². The summed E-state index contributed by atoms with van der Waals surface area (Å²) in [5, 5.41) is 11.8. The Labute approximate surface area is 185 Å². The summed E-state index contributed by atoms with van der Waals surface area (Å²) in [5.41, 5.74) is 3.89. The second kappa shape index (κ2) is 10.8. The third-order valence-electron chi connectivity index (χ3n) is 5.15. The maximum absolute atomic E-state index is 11.9. The Kier molecular flexibility index (Phi) is 8.13. The Morgan fingerprint density at radius 1 is 1.17 bits per heavy atom. The highest BCUT2D eigenvalue weighted by Crippen LogP contribution is 2.50. The smallest absolute Gasteiger partial charge is 0.245 e. The molecule has 1 atom stereocenters. The van der Waals surface area contributed by atoms with Crippen LogP contribution < -0.4 is 10.8 Å². The molecule has 0 bridgehead atoms. The Morgan fingerprint density at radius 2 is 1.97 bits per heavy atom. The minimum Gasteiger partial charge on any atom is -0.353 e. The van der Waals surface area contributed by atoms with Gasteiger partial charge in [0.25, 0.3) is 0 Å². The van der Waals surface area contributed by atoms with E-state index in [9.17, 15) is 9.59 Å². The number of carbonyl (C=O) groups is 2. The van der Waals surface area contributed by atoms with E-state index in [0.717, 1.165) is 47.4 Å². The van der Waals surface area contributed by atoms with Crippen molar-refractivity contribution in [1.29, 1.82) is 0 Å². The lowest BCUT2D eigenvalue weighted by Crippen LogP contribution is -2.32. The number of benzene rings is 1. The second-order valence-electron chi connectivity index (χ2n) is 7.42. The van der Waals surface area contributed by atoms with Gasteiger partial charge in [-0.25, -0.2) is 5.48 Å². The first kappa shape index (κ1) is 22.6. The Hall–Kier alpha value is -2.09. The van der Waals surface area contributed by atoms with Gasteiger partial charge >= 0.3 is 0 Å². The Balaban J connectivity index is 1.74. The summed E-state index contributed by atoms with van der Waals surface area (Å²) >= 11 is 3.54. The first-order valence-electron chi connectivity index (χ1n) is 10.3. The fraction of sp³-hybridized carbons (Fsp3) is 0.391. The normalized spacial score (nSPS) is 19.0. The van der Waals surface area contributed by atoms with E-state index in [1.807, 2.05) is 36.9 Å². The molecule has 7 heteroatoms. The highest BCUT2D eigenvalue weighted by molar-refractivity contribution is 8.00. The van der Waals surface area contributed by atoms with Crippen LogP contribution in [0.2, 0.25) is 0 Å². The number of amides is 2. The van der Waals surface area contributed by atoms with Crippen LogP contribution in [0.25, 0.3) is 16.5 Å². The quantitative estimate of drug-likeness (QED) is 0.305. The zero-order chi connectivity index (χ0) is 21.4. The maximum atomic E-state index is 11.9. The van der Waals surface area contributed by atoms with Crippen molar-refractivity contribution < 1.29 is 14.8 Å². The highest BCUT2D eigenvalue weighted by atomic mass is 32.2. The molecular formula is C23H28N2O3S2. The fourth-order valence-corrected chi connectivity index (χ4v) is 6.44. The minimum atomic E-state index is -0.335. The van der Waals surface area contributed by atoms with E-state index in [4.69, 9.17) is 5.21 Å². The van der Waals surface area contributed by atoms with Crippen molar-refractivity contribution in [1.82, 2.24) is 10.8 Å². The minimum absolute atomic E-state index is 0.0778. The van der Waals surface area contributed by atoms with Gasteiger partial charge in [0.2, 0.25) is 11.8 Å². The van der Waals surface area contributed by atoms with Crippen LogP contribution in [0.3, 0.4) is 0 Å². The summed E-state index contributed by atoms with van der Waals surface area (Å²) in [5.74, 6) is 0.614. The number of nitrogens with one attached hydrogen (secondary N) is 2. The molecule has 2 heterocycles. The predicted molar refractivity (Wildman–Crippen MR) is 125 cm³/mol. The van der Waals surface area contributed by atoms with E-state index in [1.54, 1.807) is 22.9 Å². The van der Waals surface area contributed by atoms with Gasteiger partial charge in [-0.15, -0.1) is 23.1 Å². The molecule has 1 saturated heterocycles. The van der Waals surface area contributed by atoms with Gasteiger partial charge in [0.15, 0.2) is 0 Å². The summed E-state index contributed by atoms with van der Waals surface area (Å²) < 4.78 is -0.261. The lowest BCUT2D eigenvalue weighted by atomic mass is 9.94. The lowest BCUT2D eigenvalue weighted by Gasteiger charge is -2.35. The summed E-state index contributed by atoms with van der Waals surface area (Å²) in [7, 11) is 0. The van der Waals surface area contributed by atoms with Crippen LogP contribution in [0.4, 0.5) is 0 Å². The molecule has 1 aliphatic rings. The van der Waals surface area contributed by atoms with Crippen molar-refractivity contribution in [3.05, 3.63) is 52.9 Å². The topological polar surface area (TPSA) is 78.4 Å². The molecule has 1 aromatic heterocycles. The van der Waals surface area contributed by atoms with Crippen LogP contribution >= 0.6 is 23.1 Å². The molecule has 1 aromatic carbocycles. The maximum Gasteiger partial charge on any atom is 0.245 e. The number of thiophene rings is 1. The van der Waals surface area contributed by atoms with Crippen LogP contribution in [-0.2, 0) is 14.3 Å². The lowest BCUT2D eigenvalue weighted by molar-refractivity contribution is -0.129. The molecule has 0 radical (unpaired) electrons. The standard InChI is InChI=1S/C23H28N2O3S2/c1-2-14-24-21(26)12-7-17-5-8-18(9-6-17)19-10-11-20(30-19)23(16-22(27)25-28)13-3-4-15-29-23/h5-12,28H,2-4,13-16H2,1H3,(H,24,26)(H,25,27)/t23-/m0/s1. The van der Waals surface area contributed by atoms with Gasteiger partial charge in [0.1, 0.15) is 0 Å². The zero-order valence-corrected chi connectivity index (χ0v) is 18.8. The van der Waals surface area contributed by atoms with E-state index in [0.29, 0.717) is 6.54 Å². The van der Waals surface area contributed by atoms with Crippen LogP contribution in [0.15, 0.2) is 42.5 Å². The van der Waals surface area contributed by atoms with Crippen molar-refractivity contribution in [3.63, 3.8) is 0 Å². The van der Waals surface area contributed by atoms with Crippen molar-refractivity contribution in [3.8, 4) is 10.4 Å². The zero-order valence-electron chi connectivity index (χ0n) is 17.1. The molecule has 160 valence electrons. The second-order valence-corrected chi connectivity index (χ2v) is 9.98. The summed E-state index contributed by atoms with van der Waals surface area (Å²) in [6, 6.07) is 12.3. The molecule has 0 spiro atoms. The van der Waals surface area contributed by atoms with Gasteiger partial charge in [0, 0.05) is 28.8 Å². The third-order valence-corrected chi connectivity index (χ3v) is 8.23. The number of hydroxylamine groups is 1. The molecule has 3 rings (SSSR count). The Bertz CT molecular complexity index is 884. The van der Waals surface area contributed by atoms with Gasteiger partial charge in [-0.3, -0.25) is 14.8 Å². The molecule has 30 heavy (non-hydrogen) atoms. The van der Waals surface area contributed by atoms with E-state index < -0.39 is 0 Å².